The molecular formula is C10H9F4N. The molecule has 0 bridgehead atoms. The Hall–Kier alpha value is -1.36. The van der Waals surface area contributed by atoms with Gasteiger partial charge in [0.25, 0.3) is 0 Å². The van der Waals surface area contributed by atoms with Gasteiger partial charge in [0.05, 0.1) is 11.6 Å². The van der Waals surface area contributed by atoms with Crippen LogP contribution in [0.25, 0.3) is 0 Å². The Morgan fingerprint density at radius 3 is 2.40 bits per heavy atom. The maximum absolute atomic E-state index is 13.4. The molecular weight excluding hydrogens is 210 g/mol. The van der Waals surface area contributed by atoms with Crippen molar-refractivity contribution in [3.63, 3.8) is 0 Å². The van der Waals surface area contributed by atoms with E-state index in [0.717, 1.165) is 6.07 Å². The third-order valence-electron chi connectivity index (χ3n) is 1.95. The molecule has 0 aromatic heterocycles. The quantitative estimate of drug-likeness (QED) is 0.600. The van der Waals surface area contributed by atoms with Crippen molar-refractivity contribution in [3.8, 4) is 0 Å². The van der Waals surface area contributed by atoms with Crippen molar-refractivity contribution in [2.24, 2.45) is 5.73 Å². The first-order valence-corrected chi connectivity index (χ1v) is 4.11. The van der Waals surface area contributed by atoms with Crippen molar-refractivity contribution < 1.29 is 17.6 Å². The number of alkyl halides is 3. The molecule has 0 radical (unpaired) electrons. The summed E-state index contributed by atoms with van der Waals surface area (Å²) >= 11 is 0. The lowest BCUT2D eigenvalue weighted by Crippen LogP contribution is -2.14. The van der Waals surface area contributed by atoms with Crippen LogP contribution in [-0.4, -0.2) is 0 Å². The predicted molar refractivity (Wildman–Crippen MR) is 48.5 cm³/mol. The highest BCUT2D eigenvalue weighted by molar-refractivity contribution is 5.31. The molecule has 5 heteroatoms. The molecule has 2 N–H and O–H groups in total. The van der Waals surface area contributed by atoms with Crippen LogP contribution < -0.4 is 5.73 Å². The van der Waals surface area contributed by atoms with Crippen molar-refractivity contribution >= 4 is 0 Å². The molecule has 1 rings (SSSR count). The minimum Gasteiger partial charge on any atom is -0.321 e. The molecule has 0 aliphatic carbocycles. The molecule has 1 nitrogen and oxygen atoms in total. The van der Waals surface area contributed by atoms with Gasteiger partial charge in [-0.3, -0.25) is 0 Å². The summed E-state index contributed by atoms with van der Waals surface area (Å²) in [4.78, 5) is 0. The molecule has 1 unspecified atom stereocenters. The Labute approximate surface area is 84.2 Å². The van der Waals surface area contributed by atoms with Gasteiger partial charge in [0.15, 0.2) is 0 Å². The molecule has 15 heavy (non-hydrogen) atoms. The Bertz CT molecular complexity index is 370. The Morgan fingerprint density at radius 1 is 1.33 bits per heavy atom. The lowest BCUT2D eigenvalue weighted by molar-refractivity contribution is -0.140. The molecule has 0 spiro atoms. The van der Waals surface area contributed by atoms with Gasteiger partial charge in [-0.2, -0.15) is 13.2 Å². The third kappa shape index (κ3) is 2.36. The van der Waals surface area contributed by atoms with Crippen molar-refractivity contribution in [2.75, 3.05) is 0 Å². The van der Waals surface area contributed by atoms with E-state index in [-0.39, 0.29) is 5.56 Å². The SMILES string of the molecule is C=CC(N)c1cccc(C(F)(F)F)c1F. The average molecular weight is 219 g/mol. The maximum atomic E-state index is 13.4. The Balaban J connectivity index is 3.29. The normalized spacial score (nSPS) is 13.7. The second kappa shape index (κ2) is 4.02. The summed E-state index contributed by atoms with van der Waals surface area (Å²) in [5, 5.41) is 0. The van der Waals surface area contributed by atoms with Crippen LogP contribution in [0.3, 0.4) is 0 Å². The summed E-state index contributed by atoms with van der Waals surface area (Å²) < 4.78 is 50.2. The lowest BCUT2D eigenvalue weighted by Gasteiger charge is -2.13. The summed E-state index contributed by atoms with van der Waals surface area (Å²) in [5.41, 5.74) is 3.87. The summed E-state index contributed by atoms with van der Waals surface area (Å²) in [6, 6.07) is 2.06. The Kier molecular flexibility index (Phi) is 3.14. The van der Waals surface area contributed by atoms with Gasteiger partial charge >= 0.3 is 6.18 Å². The molecule has 0 aliphatic heterocycles. The van der Waals surface area contributed by atoms with E-state index in [2.05, 4.69) is 6.58 Å². The van der Waals surface area contributed by atoms with Crippen LogP contribution in [0, 0.1) is 5.82 Å². The first-order chi connectivity index (χ1) is 6.88. The standard InChI is InChI=1S/C10H9F4N/c1-2-8(15)6-4-3-5-7(9(6)11)10(12,13)14/h2-5,8H,1,15H2. The van der Waals surface area contributed by atoms with Gasteiger partial charge in [0, 0.05) is 5.56 Å². The van der Waals surface area contributed by atoms with Gasteiger partial charge < -0.3 is 5.73 Å². The van der Waals surface area contributed by atoms with E-state index in [0.29, 0.717) is 6.07 Å². The number of hydrogen-bond acceptors (Lipinski definition) is 1. The van der Waals surface area contributed by atoms with Crippen LogP contribution in [0.2, 0.25) is 0 Å². The monoisotopic (exact) mass is 219 g/mol. The van der Waals surface area contributed by atoms with Gasteiger partial charge in [-0.05, 0) is 6.07 Å². The molecule has 1 atom stereocenters. The average Bonchev–Trinajstić information content (AvgIpc) is 2.15. The van der Waals surface area contributed by atoms with Crippen LogP contribution in [0.4, 0.5) is 17.6 Å². The zero-order chi connectivity index (χ0) is 11.6. The number of benzene rings is 1. The molecule has 1 aromatic carbocycles. The second-order valence-corrected chi connectivity index (χ2v) is 2.97. The summed E-state index contributed by atoms with van der Waals surface area (Å²) in [5.74, 6) is -1.34. The number of rotatable bonds is 2. The molecule has 0 amide bonds. The summed E-state index contributed by atoms with van der Waals surface area (Å²) in [6.07, 6.45) is -3.53. The van der Waals surface area contributed by atoms with E-state index in [1.54, 1.807) is 0 Å². The Morgan fingerprint density at radius 2 is 1.93 bits per heavy atom. The first kappa shape index (κ1) is 11.7. The number of hydrogen-bond donors (Lipinski definition) is 1. The van der Waals surface area contributed by atoms with Crippen molar-refractivity contribution in [1.29, 1.82) is 0 Å². The van der Waals surface area contributed by atoms with Gasteiger partial charge in [-0.1, -0.05) is 18.2 Å². The van der Waals surface area contributed by atoms with Gasteiger partial charge in [-0.25, -0.2) is 4.39 Å². The molecule has 0 saturated heterocycles. The van der Waals surface area contributed by atoms with E-state index >= 15 is 0 Å². The maximum Gasteiger partial charge on any atom is 0.419 e. The zero-order valence-electron chi connectivity index (χ0n) is 7.68. The fourth-order valence-electron chi connectivity index (χ4n) is 1.15. The van der Waals surface area contributed by atoms with Gasteiger partial charge in [-0.15, -0.1) is 6.58 Å². The largest absolute Gasteiger partial charge is 0.419 e. The zero-order valence-corrected chi connectivity index (χ0v) is 7.68. The minimum atomic E-state index is -4.71. The lowest BCUT2D eigenvalue weighted by atomic mass is 10.0. The minimum absolute atomic E-state index is 0.208. The number of nitrogens with two attached hydrogens (primary N) is 1. The van der Waals surface area contributed by atoms with Crippen molar-refractivity contribution in [3.05, 3.63) is 47.8 Å². The van der Waals surface area contributed by atoms with E-state index in [4.69, 9.17) is 5.73 Å². The van der Waals surface area contributed by atoms with Crippen LogP contribution in [-0.2, 0) is 6.18 Å². The van der Waals surface area contributed by atoms with Crippen molar-refractivity contribution in [2.45, 2.75) is 12.2 Å². The highest BCUT2D eigenvalue weighted by Gasteiger charge is 2.35. The topological polar surface area (TPSA) is 26.0 Å². The smallest absolute Gasteiger partial charge is 0.321 e. The fraction of sp³-hybridized carbons (Fsp3) is 0.200. The van der Waals surface area contributed by atoms with Crippen LogP contribution in [0.15, 0.2) is 30.9 Å². The van der Waals surface area contributed by atoms with E-state index in [1.807, 2.05) is 0 Å². The molecule has 0 heterocycles. The van der Waals surface area contributed by atoms with E-state index in [1.165, 1.54) is 12.1 Å². The van der Waals surface area contributed by atoms with Crippen molar-refractivity contribution in [1.82, 2.24) is 0 Å². The van der Waals surface area contributed by atoms with E-state index < -0.39 is 23.6 Å². The molecule has 0 aliphatic rings. The summed E-state index contributed by atoms with van der Waals surface area (Å²) in [6.45, 7) is 3.30. The molecule has 1 aromatic rings. The number of halogens is 4. The van der Waals surface area contributed by atoms with Crippen LogP contribution >= 0.6 is 0 Å². The third-order valence-corrected chi connectivity index (χ3v) is 1.95. The van der Waals surface area contributed by atoms with Gasteiger partial charge in [0.1, 0.15) is 5.82 Å². The second-order valence-electron chi connectivity index (χ2n) is 2.97. The first-order valence-electron chi connectivity index (χ1n) is 4.11. The molecule has 0 fully saturated rings. The van der Waals surface area contributed by atoms with Crippen LogP contribution in [0.1, 0.15) is 17.2 Å². The predicted octanol–water partition coefficient (Wildman–Crippen LogP) is 3.03. The van der Waals surface area contributed by atoms with Crippen LogP contribution in [0.5, 0.6) is 0 Å². The highest BCUT2D eigenvalue weighted by Crippen LogP contribution is 2.33. The summed E-state index contributed by atoms with van der Waals surface area (Å²) in [7, 11) is 0. The molecule has 82 valence electrons. The molecule has 0 saturated carbocycles. The highest BCUT2D eigenvalue weighted by atomic mass is 19.4. The fourth-order valence-corrected chi connectivity index (χ4v) is 1.15. The van der Waals surface area contributed by atoms with E-state index in [9.17, 15) is 17.6 Å². The van der Waals surface area contributed by atoms with Gasteiger partial charge in [0.2, 0.25) is 0 Å².